The van der Waals surface area contributed by atoms with Gasteiger partial charge < -0.3 is 19.9 Å². The van der Waals surface area contributed by atoms with Gasteiger partial charge in [-0.05, 0) is 45.0 Å². The average Bonchev–Trinajstić information content (AvgIpc) is 2.64. The smallest absolute Gasteiger partial charge is 0.246 e. The molecular weight excluding hydrogens is 360 g/mol. The van der Waals surface area contributed by atoms with Crippen molar-refractivity contribution in [1.29, 1.82) is 5.26 Å². The largest absolute Gasteiger partial charge is 0.495 e. The molecule has 0 unspecified atom stereocenters. The molecule has 0 radical (unpaired) electrons. The van der Waals surface area contributed by atoms with Crippen LogP contribution in [0.2, 0.25) is 0 Å². The molecule has 7 heteroatoms. The number of thioether (sulfide) groups is 1. The summed E-state index contributed by atoms with van der Waals surface area (Å²) in [6.07, 6.45) is 5.55. The van der Waals surface area contributed by atoms with E-state index < -0.39 is 0 Å². The molecule has 0 aliphatic rings. The number of likely N-dealkylation sites (N-methyl/N-ethyl adjacent to an activating group) is 1. The molecule has 0 heterocycles. The normalized spacial score (nSPS) is 10.9. The van der Waals surface area contributed by atoms with E-state index in [1.165, 1.54) is 0 Å². The lowest BCUT2D eigenvalue weighted by Gasteiger charge is -2.22. The molecule has 1 N–H and O–H groups in total. The van der Waals surface area contributed by atoms with Crippen LogP contribution in [0.1, 0.15) is 11.1 Å². The number of hydrogen-bond acceptors (Lipinski definition) is 6. The molecule has 0 atom stereocenters. The zero-order valence-corrected chi connectivity index (χ0v) is 17.7. The minimum atomic E-state index is 0.0151. The molecule has 1 rings (SSSR count). The second kappa shape index (κ2) is 12.3. The Morgan fingerprint density at radius 2 is 2.11 bits per heavy atom. The third-order valence-corrected chi connectivity index (χ3v) is 4.56. The van der Waals surface area contributed by atoms with E-state index in [1.54, 1.807) is 31.0 Å². The summed E-state index contributed by atoms with van der Waals surface area (Å²) in [5.74, 6) is 1.60. The van der Waals surface area contributed by atoms with Gasteiger partial charge in [0.1, 0.15) is 5.75 Å². The van der Waals surface area contributed by atoms with Crippen molar-refractivity contribution in [1.82, 2.24) is 9.80 Å². The number of methoxy groups -OCH3 is 1. The van der Waals surface area contributed by atoms with Crippen LogP contribution < -0.4 is 10.1 Å². The van der Waals surface area contributed by atoms with Crippen LogP contribution in [0.15, 0.2) is 24.3 Å². The van der Waals surface area contributed by atoms with E-state index in [1.807, 2.05) is 49.2 Å². The molecule has 27 heavy (non-hydrogen) atoms. The minimum Gasteiger partial charge on any atom is -0.495 e. The fourth-order valence-corrected chi connectivity index (χ4v) is 2.84. The van der Waals surface area contributed by atoms with E-state index in [0.717, 1.165) is 23.5 Å². The van der Waals surface area contributed by atoms with Crippen LogP contribution in [-0.2, 0) is 4.79 Å². The Bertz CT molecular complexity index is 683. The predicted molar refractivity (Wildman–Crippen MR) is 114 cm³/mol. The van der Waals surface area contributed by atoms with Crippen molar-refractivity contribution in [3.63, 3.8) is 0 Å². The molecule has 1 aromatic rings. The van der Waals surface area contributed by atoms with E-state index in [-0.39, 0.29) is 5.91 Å². The van der Waals surface area contributed by atoms with Crippen LogP contribution in [0, 0.1) is 18.3 Å². The van der Waals surface area contributed by atoms with Crippen LogP contribution in [0.25, 0.3) is 0 Å². The maximum atomic E-state index is 12.5. The number of carbonyl (C=O) groups excluding carboxylic acids is 1. The molecule has 0 bridgehead atoms. The van der Waals surface area contributed by atoms with E-state index in [2.05, 4.69) is 11.4 Å². The van der Waals surface area contributed by atoms with E-state index in [4.69, 9.17) is 4.74 Å². The standard InChI is InChI=1S/C20H30N4O2S/c1-16-13-19(26-4)18(14-17(16)15-21)22-8-10-24(11-12-27-5)20(25)7-6-9-23(2)3/h6-7,13-14,22H,8-12H2,1-5H3/b7-6+. The molecule has 1 amide bonds. The van der Waals surface area contributed by atoms with Gasteiger partial charge in [0, 0.05) is 38.0 Å². The number of carbonyl (C=O) groups is 1. The van der Waals surface area contributed by atoms with Crippen molar-refractivity contribution in [3.8, 4) is 11.8 Å². The minimum absolute atomic E-state index is 0.0151. The Morgan fingerprint density at radius 3 is 2.70 bits per heavy atom. The van der Waals surface area contributed by atoms with Gasteiger partial charge in [0.25, 0.3) is 0 Å². The summed E-state index contributed by atoms with van der Waals surface area (Å²) in [5.41, 5.74) is 2.25. The number of hydrogen-bond donors (Lipinski definition) is 1. The molecular formula is C20H30N4O2S. The fourth-order valence-electron chi connectivity index (χ4n) is 2.44. The van der Waals surface area contributed by atoms with Crippen molar-refractivity contribution >= 4 is 23.4 Å². The van der Waals surface area contributed by atoms with E-state index in [0.29, 0.717) is 30.9 Å². The topological polar surface area (TPSA) is 68.6 Å². The number of benzene rings is 1. The highest BCUT2D eigenvalue weighted by Gasteiger charge is 2.12. The van der Waals surface area contributed by atoms with Gasteiger partial charge >= 0.3 is 0 Å². The molecule has 0 aliphatic carbocycles. The average molecular weight is 391 g/mol. The highest BCUT2D eigenvalue weighted by Crippen LogP contribution is 2.27. The van der Waals surface area contributed by atoms with Crippen molar-refractivity contribution < 1.29 is 9.53 Å². The van der Waals surface area contributed by atoms with Gasteiger partial charge in [0.2, 0.25) is 5.91 Å². The summed E-state index contributed by atoms with van der Waals surface area (Å²) in [6, 6.07) is 5.83. The first kappa shape index (κ1) is 22.9. The molecule has 0 spiro atoms. The van der Waals surface area contributed by atoms with Crippen LogP contribution in [0.3, 0.4) is 0 Å². The number of amides is 1. The number of aryl methyl sites for hydroxylation is 1. The summed E-state index contributed by atoms with van der Waals surface area (Å²) in [7, 11) is 5.54. The lowest BCUT2D eigenvalue weighted by Crippen LogP contribution is -2.35. The maximum Gasteiger partial charge on any atom is 0.246 e. The van der Waals surface area contributed by atoms with Crippen LogP contribution in [0.4, 0.5) is 5.69 Å². The quantitative estimate of drug-likeness (QED) is 0.586. The van der Waals surface area contributed by atoms with Crippen LogP contribution >= 0.6 is 11.8 Å². The maximum absolute atomic E-state index is 12.5. The summed E-state index contributed by atoms with van der Waals surface area (Å²) in [4.78, 5) is 16.3. The monoisotopic (exact) mass is 390 g/mol. The van der Waals surface area contributed by atoms with Gasteiger partial charge in [0.05, 0.1) is 24.4 Å². The summed E-state index contributed by atoms with van der Waals surface area (Å²) in [5, 5.41) is 12.5. The highest BCUT2D eigenvalue weighted by molar-refractivity contribution is 7.98. The summed E-state index contributed by atoms with van der Waals surface area (Å²) < 4.78 is 5.40. The zero-order chi connectivity index (χ0) is 20.2. The highest BCUT2D eigenvalue weighted by atomic mass is 32.2. The number of anilines is 1. The number of ether oxygens (including phenoxy) is 1. The van der Waals surface area contributed by atoms with Gasteiger partial charge in [-0.15, -0.1) is 0 Å². The van der Waals surface area contributed by atoms with Gasteiger partial charge in [-0.25, -0.2) is 0 Å². The molecule has 0 aromatic heterocycles. The predicted octanol–water partition coefficient (Wildman–Crippen LogP) is 2.60. The van der Waals surface area contributed by atoms with Crippen molar-refractivity contribution in [2.24, 2.45) is 0 Å². The van der Waals surface area contributed by atoms with E-state index in [9.17, 15) is 10.1 Å². The number of nitrogens with zero attached hydrogens (tertiary/aromatic N) is 3. The van der Waals surface area contributed by atoms with E-state index >= 15 is 0 Å². The molecule has 0 saturated heterocycles. The Morgan fingerprint density at radius 1 is 1.37 bits per heavy atom. The first-order chi connectivity index (χ1) is 12.9. The van der Waals surface area contributed by atoms with Crippen molar-refractivity contribution in [3.05, 3.63) is 35.4 Å². The van der Waals surface area contributed by atoms with Crippen molar-refractivity contribution in [2.45, 2.75) is 6.92 Å². The molecule has 0 aliphatic heterocycles. The molecule has 1 aromatic carbocycles. The molecule has 6 nitrogen and oxygen atoms in total. The Hall–Kier alpha value is -2.17. The van der Waals surface area contributed by atoms with Crippen molar-refractivity contribution in [2.75, 3.05) is 64.7 Å². The number of nitriles is 1. The first-order valence-corrected chi connectivity index (χ1v) is 10.2. The van der Waals surface area contributed by atoms with Gasteiger partial charge in [-0.1, -0.05) is 6.08 Å². The molecule has 148 valence electrons. The van der Waals surface area contributed by atoms with Gasteiger partial charge in [-0.2, -0.15) is 17.0 Å². The Balaban J connectivity index is 2.74. The summed E-state index contributed by atoms with van der Waals surface area (Å²) in [6.45, 7) is 4.46. The second-order valence-electron chi connectivity index (χ2n) is 6.39. The third kappa shape index (κ3) is 7.94. The fraction of sp³-hybridized carbons (Fsp3) is 0.500. The first-order valence-electron chi connectivity index (χ1n) is 8.84. The summed E-state index contributed by atoms with van der Waals surface area (Å²) >= 11 is 1.72. The van der Waals surface area contributed by atoms with Crippen LogP contribution in [-0.4, -0.2) is 75.1 Å². The second-order valence-corrected chi connectivity index (χ2v) is 7.37. The number of rotatable bonds is 11. The lowest BCUT2D eigenvalue weighted by atomic mass is 10.1. The zero-order valence-electron chi connectivity index (χ0n) is 16.9. The SMILES string of the molecule is COc1cc(C)c(C#N)cc1NCCN(CCSC)C(=O)/C=C/CN(C)C. The molecule has 0 saturated carbocycles. The lowest BCUT2D eigenvalue weighted by molar-refractivity contribution is -0.125. The Kier molecular flexibility index (Phi) is 10.4. The van der Waals surface area contributed by atoms with Gasteiger partial charge in [0.15, 0.2) is 0 Å². The van der Waals surface area contributed by atoms with Gasteiger partial charge in [-0.3, -0.25) is 4.79 Å². The third-order valence-electron chi connectivity index (χ3n) is 3.97. The van der Waals surface area contributed by atoms with Crippen LogP contribution in [0.5, 0.6) is 5.75 Å². The molecule has 0 fully saturated rings. The Labute approximate surface area is 167 Å². The number of nitrogens with one attached hydrogen (secondary N) is 1.